The molecule has 2 heterocycles. The van der Waals surface area contributed by atoms with Crippen LogP contribution >= 0.6 is 0 Å². The predicted octanol–water partition coefficient (Wildman–Crippen LogP) is 4.84. The first-order valence-electron chi connectivity index (χ1n) is 8.85. The van der Waals surface area contributed by atoms with E-state index in [9.17, 15) is 18.0 Å². The van der Waals surface area contributed by atoms with Crippen molar-refractivity contribution in [3.63, 3.8) is 0 Å². The standard InChI is InChI=1S/C22H14F3N3O/c23-22(24,25)17-3-1-2-16(10-17)21(29)28-9-8-18-19(12-27-13-20(18)28)15-6-4-14(11-26)5-7-15/h1-7,10,12-13H,8-9H2. The maximum Gasteiger partial charge on any atom is 0.416 e. The summed E-state index contributed by atoms with van der Waals surface area (Å²) in [6.07, 6.45) is -0.694. The monoisotopic (exact) mass is 393 g/mol. The van der Waals surface area contributed by atoms with Gasteiger partial charge in [-0.3, -0.25) is 9.78 Å². The fraction of sp³-hybridized carbons (Fsp3) is 0.136. The first-order chi connectivity index (χ1) is 13.9. The van der Waals surface area contributed by atoms with Gasteiger partial charge in [0.25, 0.3) is 5.91 Å². The molecule has 0 saturated carbocycles. The number of nitrogens with zero attached hydrogens (tertiary/aromatic N) is 3. The molecule has 0 N–H and O–H groups in total. The van der Waals surface area contributed by atoms with Crippen LogP contribution in [0.3, 0.4) is 0 Å². The molecule has 0 saturated heterocycles. The van der Waals surface area contributed by atoms with Gasteiger partial charge in [0.2, 0.25) is 0 Å². The maximum absolute atomic E-state index is 13.0. The van der Waals surface area contributed by atoms with Crippen molar-refractivity contribution in [3.05, 3.63) is 83.2 Å². The largest absolute Gasteiger partial charge is 0.416 e. The van der Waals surface area contributed by atoms with Gasteiger partial charge in [-0.15, -0.1) is 0 Å². The van der Waals surface area contributed by atoms with Gasteiger partial charge in [0.1, 0.15) is 0 Å². The number of halogens is 3. The van der Waals surface area contributed by atoms with E-state index in [0.29, 0.717) is 24.2 Å². The van der Waals surface area contributed by atoms with Crippen LogP contribution in [0, 0.1) is 11.3 Å². The Labute approximate surface area is 164 Å². The lowest BCUT2D eigenvalue weighted by Crippen LogP contribution is -2.29. The molecule has 4 nitrogen and oxygen atoms in total. The van der Waals surface area contributed by atoms with Crippen molar-refractivity contribution in [2.45, 2.75) is 12.6 Å². The summed E-state index contributed by atoms with van der Waals surface area (Å²) in [4.78, 5) is 18.6. The first kappa shape index (κ1) is 18.7. The Morgan fingerprint density at radius 3 is 2.55 bits per heavy atom. The van der Waals surface area contributed by atoms with E-state index in [1.165, 1.54) is 17.0 Å². The normalized spacial score (nSPS) is 13.1. The summed E-state index contributed by atoms with van der Waals surface area (Å²) in [6, 6.07) is 13.5. The number of carbonyl (C=O) groups is 1. The van der Waals surface area contributed by atoms with Gasteiger partial charge in [0.05, 0.1) is 29.1 Å². The van der Waals surface area contributed by atoms with Crippen molar-refractivity contribution in [1.82, 2.24) is 4.98 Å². The minimum absolute atomic E-state index is 0.0172. The average Bonchev–Trinajstić information content (AvgIpc) is 3.17. The third-order valence-electron chi connectivity index (χ3n) is 4.92. The van der Waals surface area contributed by atoms with Crippen LogP contribution in [0.5, 0.6) is 0 Å². The SMILES string of the molecule is N#Cc1ccc(-c2cncc3c2CCN3C(=O)c2cccc(C(F)(F)F)c2)cc1. The summed E-state index contributed by atoms with van der Waals surface area (Å²) in [5, 5.41) is 8.95. The third kappa shape index (κ3) is 3.45. The second kappa shape index (κ2) is 7.06. The van der Waals surface area contributed by atoms with Gasteiger partial charge in [-0.05, 0) is 47.9 Å². The lowest BCUT2D eigenvalue weighted by Gasteiger charge is -2.18. The van der Waals surface area contributed by atoms with Gasteiger partial charge in [-0.25, -0.2) is 0 Å². The van der Waals surface area contributed by atoms with Gasteiger partial charge in [-0.2, -0.15) is 18.4 Å². The molecule has 0 unspecified atom stereocenters. The fourth-order valence-electron chi connectivity index (χ4n) is 3.48. The third-order valence-corrected chi connectivity index (χ3v) is 4.92. The highest BCUT2D eigenvalue weighted by atomic mass is 19.4. The Bertz CT molecular complexity index is 1130. The summed E-state index contributed by atoms with van der Waals surface area (Å²) in [7, 11) is 0. The second-order valence-corrected chi connectivity index (χ2v) is 6.66. The summed E-state index contributed by atoms with van der Waals surface area (Å²) in [6.45, 7) is 0.361. The van der Waals surface area contributed by atoms with Crippen LogP contribution in [0.4, 0.5) is 18.9 Å². The number of rotatable bonds is 2. The van der Waals surface area contributed by atoms with Crippen molar-refractivity contribution in [2.75, 3.05) is 11.4 Å². The molecular formula is C22H14F3N3O. The predicted molar refractivity (Wildman–Crippen MR) is 101 cm³/mol. The molecule has 7 heteroatoms. The number of anilines is 1. The molecule has 1 amide bonds. The molecule has 4 rings (SSSR count). The van der Waals surface area contributed by atoms with Gasteiger partial charge in [0, 0.05) is 23.9 Å². The first-order valence-corrected chi connectivity index (χ1v) is 8.85. The highest BCUT2D eigenvalue weighted by Crippen LogP contribution is 2.36. The van der Waals surface area contributed by atoms with E-state index < -0.39 is 17.6 Å². The maximum atomic E-state index is 13.0. The molecule has 0 spiro atoms. The van der Waals surface area contributed by atoms with Crippen LogP contribution in [-0.4, -0.2) is 17.4 Å². The minimum Gasteiger partial charge on any atom is -0.306 e. The van der Waals surface area contributed by atoms with Crippen molar-refractivity contribution >= 4 is 11.6 Å². The van der Waals surface area contributed by atoms with E-state index in [2.05, 4.69) is 11.1 Å². The average molecular weight is 393 g/mol. The Hall–Kier alpha value is -3.66. The number of carbonyl (C=O) groups excluding carboxylic acids is 1. The van der Waals surface area contributed by atoms with Crippen LogP contribution < -0.4 is 4.90 Å². The van der Waals surface area contributed by atoms with Gasteiger partial charge in [0.15, 0.2) is 0 Å². The molecule has 0 radical (unpaired) electrons. The number of alkyl halides is 3. The van der Waals surface area contributed by atoms with Gasteiger partial charge < -0.3 is 4.90 Å². The van der Waals surface area contributed by atoms with Crippen molar-refractivity contribution in [1.29, 1.82) is 5.26 Å². The van der Waals surface area contributed by atoms with E-state index in [-0.39, 0.29) is 5.56 Å². The van der Waals surface area contributed by atoms with Gasteiger partial charge in [-0.1, -0.05) is 18.2 Å². The number of aromatic nitrogens is 1. The highest BCUT2D eigenvalue weighted by Gasteiger charge is 2.33. The minimum atomic E-state index is -4.51. The number of fused-ring (bicyclic) bond motifs is 1. The zero-order valence-electron chi connectivity index (χ0n) is 15.1. The molecule has 2 aromatic carbocycles. The van der Waals surface area contributed by atoms with Crippen LogP contribution in [0.25, 0.3) is 11.1 Å². The molecule has 0 aliphatic carbocycles. The molecule has 1 aromatic heterocycles. The zero-order valence-corrected chi connectivity index (χ0v) is 15.1. The van der Waals surface area contributed by atoms with Gasteiger partial charge >= 0.3 is 6.18 Å². The Morgan fingerprint density at radius 2 is 1.86 bits per heavy atom. The van der Waals surface area contributed by atoms with E-state index in [1.807, 2.05) is 12.1 Å². The number of benzene rings is 2. The Balaban J connectivity index is 1.69. The highest BCUT2D eigenvalue weighted by molar-refractivity contribution is 6.07. The Morgan fingerprint density at radius 1 is 1.10 bits per heavy atom. The quantitative estimate of drug-likeness (QED) is 0.626. The topological polar surface area (TPSA) is 57.0 Å². The molecule has 0 bridgehead atoms. The number of hydrogen-bond acceptors (Lipinski definition) is 3. The molecule has 1 aliphatic rings. The molecule has 1 aliphatic heterocycles. The molecule has 0 fully saturated rings. The smallest absolute Gasteiger partial charge is 0.306 e. The molecular weight excluding hydrogens is 379 g/mol. The number of amides is 1. The Kier molecular flexibility index (Phi) is 4.55. The summed E-state index contributed by atoms with van der Waals surface area (Å²) >= 11 is 0. The summed E-state index contributed by atoms with van der Waals surface area (Å²) < 4.78 is 39.0. The van der Waals surface area contributed by atoms with E-state index in [1.54, 1.807) is 24.5 Å². The van der Waals surface area contributed by atoms with Crippen molar-refractivity contribution < 1.29 is 18.0 Å². The van der Waals surface area contributed by atoms with Crippen LogP contribution in [0.15, 0.2) is 60.9 Å². The van der Waals surface area contributed by atoms with E-state index in [0.717, 1.165) is 28.8 Å². The summed E-state index contributed by atoms with van der Waals surface area (Å²) in [5.74, 6) is -0.492. The van der Waals surface area contributed by atoms with Crippen molar-refractivity contribution in [3.8, 4) is 17.2 Å². The van der Waals surface area contributed by atoms with Crippen LogP contribution in [0.2, 0.25) is 0 Å². The molecule has 144 valence electrons. The van der Waals surface area contributed by atoms with Crippen LogP contribution in [0.1, 0.15) is 27.0 Å². The number of pyridine rings is 1. The van der Waals surface area contributed by atoms with E-state index in [4.69, 9.17) is 5.26 Å². The lowest BCUT2D eigenvalue weighted by atomic mass is 9.99. The number of nitriles is 1. The number of hydrogen-bond donors (Lipinski definition) is 0. The van der Waals surface area contributed by atoms with Crippen molar-refractivity contribution in [2.24, 2.45) is 0 Å². The fourth-order valence-corrected chi connectivity index (χ4v) is 3.48. The molecule has 3 aromatic rings. The second-order valence-electron chi connectivity index (χ2n) is 6.66. The van der Waals surface area contributed by atoms with Crippen LogP contribution in [-0.2, 0) is 12.6 Å². The molecule has 29 heavy (non-hydrogen) atoms. The lowest BCUT2D eigenvalue weighted by molar-refractivity contribution is -0.137. The van der Waals surface area contributed by atoms with E-state index >= 15 is 0 Å². The molecule has 0 atom stereocenters. The summed E-state index contributed by atoms with van der Waals surface area (Å²) in [5.41, 5.74) is 2.87. The zero-order chi connectivity index (χ0) is 20.6.